The zero-order chi connectivity index (χ0) is 20.4. The Morgan fingerprint density at radius 3 is 2.62 bits per heavy atom. The van der Waals surface area contributed by atoms with Crippen molar-refractivity contribution in [1.29, 1.82) is 0 Å². The van der Waals surface area contributed by atoms with Gasteiger partial charge in [-0.05, 0) is 42.8 Å². The first-order valence-electron chi connectivity index (χ1n) is 8.91. The first kappa shape index (κ1) is 18.9. The molecule has 0 unspecified atom stereocenters. The number of fused-ring (bicyclic) bond motifs is 1. The Morgan fingerprint density at radius 2 is 1.79 bits per heavy atom. The lowest BCUT2D eigenvalue weighted by atomic mass is 10.1. The number of anilines is 1. The maximum Gasteiger partial charge on any atom is 0.261 e. The van der Waals surface area contributed by atoms with E-state index in [9.17, 15) is 9.18 Å². The highest BCUT2D eigenvalue weighted by molar-refractivity contribution is 6.32. The van der Waals surface area contributed by atoms with E-state index in [0.29, 0.717) is 11.3 Å². The zero-order valence-electron chi connectivity index (χ0n) is 15.4. The number of halogens is 2. The number of nitrogens with zero attached hydrogens (tertiary/aromatic N) is 1. The highest BCUT2D eigenvalue weighted by Gasteiger charge is 2.14. The number of carbonyl (C=O) groups is 1. The zero-order valence-corrected chi connectivity index (χ0v) is 16.2. The van der Waals surface area contributed by atoms with Gasteiger partial charge in [-0.1, -0.05) is 48.0 Å². The van der Waals surface area contributed by atoms with E-state index in [-0.39, 0.29) is 27.7 Å². The molecule has 4 rings (SSSR count). The molecule has 6 heteroatoms. The van der Waals surface area contributed by atoms with Gasteiger partial charge in [-0.2, -0.15) is 0 Å². The van der Waals surface area contributed by atoms with Crippen molar-refractivity contribution in [3.05, 3.63) is 100 Å². The summed E-state index contributed by atoms with van der Waals surface area (Å²) in [5.41, 5.74) is 2.59. The van der Waals surface area contributed by atoms with Crippen molar-refractivity contribution < 1.29 is 13.6 Å². The topological polar surface area (TPSA) is 54.6 Å². The molecule has 0 saturated heterocycles. The molecule has 1 N–H and O–H groups in total. The van der Waals surface area contributed by atoms with Crippen LogP contribution in [0.4, 0.5) is 15.8 Å². The summed E-state index contributed by atoms with van der Waals surface area (Å²) in [4.78, 5) is 17.4. The van der Waals surface area contributed by atoms with Crippen molar-refractivity contribution in [3.63, 3.8) is 0 Å². The highest BCUT2D eigenvalue weighted by atomic mass is 35.5. The van der Waals surface area contributed by atoms with Crippen LogP contribution in [0.15, 0.2) is 82.2 Å². The molecule has 4 aromatic rings. The predicted octanol–water partition coefficient (Wildman–Crippen LogP) is 6.02. The third-order valence-electron chi connectivity index (χ3n) is 4.42. The number of carbonyl (C=O) groups excluding carboxylic acids is 1. The van der Waals surface area contributed by atoms with E-state index in [4.69, 9.17) is 16.0 Å². The van der Waals surface area contributed by atoms with Crippen LogP contribution >= 0.6 is 11.6 Å². The monoisotopic (exact) mass is 406 g/mol. The van der Waals surface area contributed by atoms with E-state index < -0.39 is 5.82 Å². The Kier molecular flexibility index (Phi) is 5.14. The van der Waals surface area contributed by atoms with Crippen LogP contribution in [0, 0.1) is 12.7 Å². The molecule has 0 bridgehead atoms. The summed E-state index contributed by atoms with van der Waals surface area (Å²) in [6, 6.07) is 20.2. The minimum atomic E-state index is -0.486. The van der Waals surface area contributed by atoms with Gasteiger partial charge in [0, 0.05) is 17.1 Å². The lowest BCUT2D eigenvalue weighted by molar-refractivity contribution is 0.102. The molecule has 29 heavy (non-hydrogen) atoms. The molecule has 3 aromatic carbocycles. The second-order valence-electron chi connectivity index (χ2n) is 6.48. The van der Waals surface area contributed by atoms with Crippen LogP contribution in [0.25, 0.3) is 11.0 Å². The number of aryl methyl sites for hydroxylation is 1. The van der Waals surface area contributed by atoms with E-state index in [1.54, 1.807) is 12.1 Å². The van der Waals surface area contributed by atoms with Gasteiger partial charge in [-0.15, -0.1) is 0 Å². The van der Waals surface area contributed by atoms with Gasteiger partial charge in [-0.25, -0.2) is 9.38 Å². The van der Waals surface area contributed by atoms with Crippen molar-refractivity contribution in [1.82, 2.24) is 0 Å². The molecule has 0 aliphatic rings. The van der Waals surface area contributed by atoms with E-state index in [1.807, 2.05) is 49.4 Å². The van der Waals surface area contributed by atoms with Crippen LogP contribution in [-0.4, -0.2) is 5.91 Å². The number of amides is 1. The van der Waals surface area contributed by atoms with E-state index >= 15 is 0 Å². The molecule has 1 aromatic heterocycles. The van der Waals surface area contributed by atoms with E-state index in [0.717, 1.165) is 10.9 Å². The van der Waals surface area contributed by atoms with E-state index in [2.05, 4.69) is 10.3 Å². The molecule has 0 saturated carbocycles. The molecule has 1 heterocycles. The molecular weight excluding hydrogens is 391 g/mol. The number of hydrogen-bond acceptors (Lipinski definition) is 3. The SMILES string of the molecule is Cc1ccccc1NC(=O)c1cc2ccccc2oc1=Nc1cc(F)ccc1Cl. The average molecular weight is 407 g/mol. The van der Waals surface area contributed by atoms with Crippen LogP contribution in [-0.2, 0) is 0 Å². The smallest absolute Gasteiger partial charge is 0.261 e. The number of nitrogens with one attached hydrogen (secondary N) is 1. The Hall–Kier alpha value is -3.44. The average Bonchev–Trinajstić information content (AvgIpc) is 2.72. The third kappa shape index (κ3) is 4.05. The molecule has 0 spiro atoms. The summed E-state index contributed by atoms with van der Waals surface area (Å²) in [6.07, 6.45) is 0. The van der Waals surface area contributed by atoms with E-state index in [1.165, 1.54) is 18.2 Å². The van der Waals surface area contributed by atoms with Crippen molar-refractivity contribution in [2.45, 2.75) is 6.92 Å². The number of rotatable bonds is 3. The number of benzene rings is 3. The first-order chi connectivity index (χ1) is 14.0. The second-order valence-corrected chi connectivity index (χ2v) is 6.89. The normalized spacial score (nSPS) is 11.6. The maximum absolute atomic E-state index is 13.7. The summed E-state index contributed by atoms with van der Waals surface area (Å²) >= 11 is 6.14. The fraction of sp³-hybridized carbons (Fsp3) is 0.0435. The number of para-hydroxylation sites is 2. The minimum absolute atomic E-state index is 0.0438. The quantitative estimate of drug-likeness (QED) is 0.452. The van der Waals surface area contributed by atoms with Crippen molar-refractivity contribution in [2.75, 3.05) is 5.32 Å². The summed E-state index contributed by atoms with van der Waals surface area (Å²) in [7, 11) is 0. The Labute approximate surface area is 171 Å². The molecule has 144 valence electrons. The van der Waals surface area contributed by atoms with Gasteiger partial charge in [0.15, 0.2) is 0 Å². The second kappa shape index (κ2) is 7.89. The van der Waals surface area contributed by atoms with Gasteiger partial charge >= 0.3 is 0 Å². The highest BCUT2D eigenvalue weighted by Crippen LogP contribution is 2.25. The molecule has 0 aliphatic carbocycles. The number of hydrogen-bond donors (Lipinski definition) is 1. The summed E-state index contributed by atoms with van der Waals surface area (Å²) in [5, 5.41) is 3.87. The van der Waals surface area contributed by atoms with Crippen LogP contribution in [0.3, 0.4) is 0 Å². The molecule has 1 amide bonds. The lowest BCUT2D eigenvalue weighted by Crippen LogP contribution is -2.22. The largest absolute Gasteiger partial charge is 0.438 e. The Bertz CT molecular complexity index is 1300. The predicted molar refractivity (Wildman–Crippen MR) is 112 cm³/mol. The molecule has 0 radical (unpaired) electrons. The van der Waals surface area contributed by atoms with Crippen LogP contribution in [0.1, 0.15) is 15.9 Å². The molecular formula is C23H16ClFN2O2. The van der Waals surface area contributed by atoms with Gasteiger partial charge < -0.3 is 9.73 Å². The van der Waals surface area contributed by atoms with Crippen LogP contribution < -0.4 is 10.9 Å². The van der Waals surface area contributed by atoms with Gasteiger partial charge in [-0.3, -0.25) is 4.79 Å². The van der Waals surface area contributed by atoms with Gasteiger partial charge in [0.2, 0.25) is 5.55 Å². The molecule has 0 atom stereocenters. The summed E-state index contributed by atoms with van der Waals surface area (Å²) < 4.78 is 19.5. The summed E-state index contributed by atoms with van der Waals surface area (Å²) in [6.45, 7) is 1.90. The molecule has 0 fully saturated rings. The van der Waals surface area contributed by atoms with Gasteiger partial charge in [0.25, 0.3) is 5.91 Å². The van der Waals surface area contributed by atoms with Crippen molar-refractivity contribution in [2.24, 2.45) is 4.99 Å². The van der Waals surface area contributed by atoms with Crippen LogP contribution in [0.5, 0.6) is 0 Å². The van der Waals surface area contributed by atoms with Crippen LogP contribution in [0.2, 0.25) is 5.02 Å². The fourth-order valence-corrected chi connectivity index (χ4v) is 3.06. The van der Waals surface area contributed by atoms with Crippen molar-refractivity contribution >= 4 is 39.9 Å². The summed E-state index contributed by atoms with van der Waals surface area (Å²) in [5.74, 6) is -0.875. The molecule has 4 nitrogen and oxygen atoms in total. The van der Waals surface area contributed by atoms with Crippen molar-refractivity contribution in [3.8, 4) is 0 Å². The third-order valence-corrected chi connectivity index (χ3v) is 4.74. The fourth-order valence-electron chi connectivity index (χ4n) is 2.90. The Morgan fingerprint density at radius 1 is 1.03 bits per heavy atom. The Balaban J connectivity index is 1.89. The van der Waals surface area contributed by atoms with Gasteiger partial charge in [0.05, 0.1) is 10.7 Å². The lowest BCUT2D eigenvalue weighted by Gasteiger charge is -2.09. The standard InChI is InChI=1S/C23H16ClFN2O2/c1-14-6-2-4-8-19(14)26-22(28)17-12-15-7-3-5-9-21(15)29-23(17)27-20-13-16(25)10-11-18(20)24/h2-13H,1H3,(H,26,28). The maximum atomic E-state index is 13.7. The minimum Gasteiger partial charge on any atom is -0.438 e. The first-order valence-corrected chi connectivity index (χ1v) is 9.29. The van der Waals surface area contributed by atoms with Gasteiger partial charge in [0.1, 0.15) is 17.0 Å². The molecule has 0 aliphatic heterocycles.